The van der Waals surface area contributed by atoms with Crippen molar-refractivity contribution in [2.75, 3.05) is 7.11 Å². The molecule has 0 amide bonds. The van der Waals surface area contributed by atoms with E-state index in [1.54, 1.807) is 18.4 Å². The normalized spacial score (nSPS) is 12.4. The first-order valence-corrected chi connectivity index (χ1v) is 6.77. The third kappa shape index (κ3) is 3.55. The van der Waals surface area contributed by atoms with Crippen LogP contribution in [-0.4, -0.2) is 23.3 Å². The average molecular weight is 263 g/mol. The van der Waals surface area contributed by atoms with Crippen LogP contribution in [0.5, 0.6) is 5.75 Å². The number of ether oxygens (including phenoxy) is 1. The van der Waals surface area contributed by atoms with E-state index in [1.165, 1.54) is 0 Å². The fourth-order valence-corrected chi connectivity index (χ4v) is 2.47. The number of aliphatic hydroxyl groups excluding tert-OH is 1. The molecule has 0 aliphatic rings. The SMILES string of the molecule is COc1ccc(CC(O)Cc2csc(C)n2)cc1. The molecule has 96 valence electrons. The number of nitrogens with zero attached hydrogens (tertiary/aromatic N) is 1. The molecule has 0 aliphatic carbocycles. The quantitative estimate of drug-likeness (QED) is 0.901. The highest BCUT2D eigenvalue weighted by Crippen LogP contribution is 2.15. The summed E-state index contributed by atoms with van der Waals surface area (Å²) in [5.74, 6) is 0.836. The van der Waals surface area contributed by atoms with Crippen LogP contribution in [0.1, 0.15) is 16.3 Å². The molecule has 3 nitrogen and oxygen atoms in total. The molecule has 2 rings (SSSR count). The lowest BCUT2D eigenvalue weighted by Crippen LogP contribution is -2.14. The molecular formula is C14H17NO2S. The van der Waals surface area contributed by atoms with Gasteiger partial charge in [0.05, 0.1) is 23.9 Å². The minimum atomic E-state index is -0.389. The second-order valence-corrected chi connectivity index (χ2v) is 5.33. The molecule has 0 bridgehead atoms. The van der Waals surface area contributed by atoms with Gasteiger partial charge < -0.3 is 9.84 Å². The molecule has 0 radical (unpaired) electrons. The molecule has 0 spiro atoms. The Hall–Kier alpha value is -1.39. The maximum atomic E-state index is 10.0. The number of aliphatic hydroxyl groups is 1. The monoisotopic (exact) mass is 263 g/mol. The lowest BCUT2D eigenvalue weighted by molar-refractivity contribution is 0.174. The van der Waals surface area contributed by atoms with E-state index in [2.05, 4.69) is 4.98 Å². The number of hydrogen-bond acceptors (Lipinski definition) is 4. The summed E-state index contributed by atoms with van der Waals surface area (Å²) in [5.41, 5.74) is 2.08. The maximum Gasteiger partial charge on any atom is 0.118 e. The highest BCUT2D eigenvalue weighted by atomic mass is 32.1. The highest BCUT2D eigenvalue weighted by molar-refractivity contribution is 7.09. The smallest absolute Gasteiger partial charge is 0.118 e. The van der Waals surface area contributed by atoms with Crippen LogP contribution < -0.4 is 4.74 Å². The van der Waals surface area contributed by atoms with Crippen molar-refractivity contribution in [1.29, 1.82) is 0 Å². The zero-order valence-corrected chi connectivity index (χ0v) is 11.4. The number of hydrogen-bond donors (Lipinski definition) is 1. The van der Waals surface area contributed by atoms with Crippen molar-refractivity contribution in [2.45, 2.75) is 25.9 Å². The third-order valence-electron chi connectivity index (χ3n) is 2.74. The van der Waals surface area contributed by atoms with Crippen molar-refractivity contribution in [2.24, 2.45) is 0 Å². The predicted octanol–water partition coefficient (Wildman–Crippen LogP) is 2.61. The molecule has 0 saturated heterocycles. The van der Waals surface area contributed by atoms with Crippen LogP contribution in [0.25, 0.3) is 0 Å². The van der Waals surface area contributed by atoms with E-state index < -0.39 is 0 Å². The molecule has 1 unspecified atom stereocenters. The molecule has 1 heterocycles. The zero-order valence-electron chi connectivity index (χ0n) is 10.6. The van der Waals surface area contributed by atoms with Crippen molar-refractivity contribution in [1.82, 2.24) is 4.98 Å². The molecule has 18 heavy (non-hydrogen) atoms. The number of methoxy groups -OCH3 is 1. The molecule has 0 fully saturated rings. The Balaban J connectivity index is 1.91. The van der Waals surface area contributed by atoms with Gasteiger partial charge in [-0.1, -0.05) is 12.1 Å². The van der Waals surface area contributed by atoms with E-state index in [9.17, 15) is 5.11 Å². The van der Waals surface area contributed by atoms with Gasteiger partial charge in [0, 0.05) is 11.8 Å². The Morgan fingerprint density at radius 3 is 2.56 bits per heavy atom. The Kier molecular flexibility index (Phi) is 4.33. The summed E-state index contributed by atoms with van der Waals surface area (Å²) >= 11 is 1.62. The van der Waals surface area contributed by atoms with E-state index in [1.807, 2.05) is 36.6 Å². The van der Waals surface area contributed by atoms with Crippen molar-refractivity contribution >= 4 is 11.3 Å². The first kappa shape index (κ1) is 13.1. The van der Waals surface area contributed by atoms with Gasteiger partial charge in [0.1, 0.15) is 5.75 Å². The van der Waals surface area contributed by atoms with Gasteiger partial charge in [0.25, 0.3) is 0 Å². The molecule has 1 aromatic heterocycles. The summed E-state index contributed by atoms with van der Waals surface area (Å²) in [6, 6.07) is 7.78. The van der Waals surface area contributed by atoms with Gasteiger partial charge >= 0.3 is 0 Å². The van der Waals surface area contributed by atoms with Gasteiger partial charge in [-0.2, -0.15) is 0 Å². The van der Waals surface area contributed by atoms with Crippen LogP contribution in [0.15, 0.2) is 29.6 Å². The van der Waals surface area contributed by atoms with Crippen LogP contribution in [0, 0.1) is 6.92 Å². The first-order chi connectivity index (χ1) is 8.67. The number of rotatable bonds is 5. The zero-order chi connectivity index (χ0) is 13.0. The summed E-state index contributed by atoms with van der Waals surface area (Å²) in [7, 11) is 1.65. The molecule has 2 aromatic rings. The van der Waals surface area contributed by atoms with Crippen LogP contribution in [0.4, 0.5) is 0 Å². The molecule has 0 aliphatic heterocycles. The standard InChI is InChI=1S/C14H17NO2S/c1-10-15-12(9-18-10)8-13(16)7-11-3-5-14(17-2)6-4-11/h3-6,9,13,16H,7-8H2,1-2H3. The molecule has 1 atom stereocenters. The van der Waals surface area contributed by atoms with Crippen molar-refractivity contribution in [3.05, 3.63) is 45.9 Å². The minimum absolute atomic E-state index is 0.389. The highest BCUT2D eigenvalue weighted by Gasteiger charge is 2.09. The van der Waals surface area contributed by atoms with Crippen molar-refractivity contribution < 1.29 is 9.84 Å². The van der Waals surface area contributed by atoms with Gasteiger partial charge in [-0.05, 0) is 31.0 Å². The van der Waals surface area contributed by atoms with Gasteiger partial charge in [0.2, 0.25) is 0 Å². The molecule has 4 heteroatoms. The minimum Gasteiger partial charge on any atom is -0.497 e. The van der Waals surface area contributed by atoms with E-state index in [-0.39, 0.29) is 6.10 Å². The molecule has 1 aromatic carbocycles. The first-order valence-electron chi connectivity index (χ1n) is 5.89. The van der Waals surface area contributed by atoms with Gasteiger partial charge in [-0.3, -0.25) is 0 Å². The lowest BCUT2D eigenvalue weighted by atomic mass is 10.0. The second kappa shape index (κ2) is 5.98. The Labute approximate surface area is 111 Å². The molecule has 0 saturated carbocycles. The number of aryl methyl sites for hydroxylation is 1. The van der Waals surface area contributed by atoms with Crippen LogP contribution in [0.2, 0.25) is 0 Å². The van der Waals surface area contributed by atoms with Crippen LogP contribution in [-0.2, 0) is 12.8 Å². The van der Waals surface area contributed by atoms with E-state index in [0.29, 0.717) is 12.8 Å². The summed E-state index contributed by atoms with van der Waals surface area (Å²) < 4.78 is 5.10. The van der Waals surface area contributed by atoms with E-state index in [4.69, 9.17) is 4.74 Å². The van der Waals surface area contributed by atoms with Gasteiger partial charge in [-0.15, -0.1) is 11.3 Å². The predicted molar refractivity (Wildman–Crippen MR) is 73.3 cm³/mol. The summed E-state index contributed by atoms with van der Waals surface area (Å²) in [6.45, 7) is 1.98. The molecule has 1 N–H and O–H groups in total. The number of thiazole rings is 1. The third-order valence-corrected chi connectivity index (χ3v) is 3.56. The fourth-order valence-electron chi connectivity index (χ4n) is 1.85. The Morgan fingerprint density at radius 1 is 1.28 bits per heavy atom. The summed E-state index contributed by atoms with van der Waals surface area (Å²) in [5, 5.41) is 13.1. The number of benzene rings is 1. The van der Waals surface area contributed by atoms with Crippen LogP contribution in [0.3, 0.4) is 0 Å². The lowest BCUT2D eigenvalue weighted by Gasteiger charge is -2.09. The van der Waals surface area contributed by atoms with Gasteiger partial charge in [-0.25, -0.2) is 4.98 Å². The average Bonchev–Trinajstić information content (AvgIpc) is 2.75. The molecular weight excluding hydrogens is 246 g/mol. The Morgan fingerprint density at radius 2 is 2.00 bits per heavy atom. The Bertz CT molecular complexity index is 493. The van der Waals surface area contributed by atoms with Gasteiger partial charge in [0.15, 0.2) is 0 Å². The van der Waals surface area contributed by atoms with Crippen molar-refractivity contribution in [3.8, 4) is 5.75 Å². The van der Waals surface area contributed by atoms with Crippen molar-refractivity contribution in [3.63, 3.8) is 0 Å². The number of aromatic nitrogens is 1. The summed E-state index contributed by atoms with van der Waals surface area (Å²) in [6.07, 6.45) is 0.858. The topological polar surface area (TPSA) is 42.4 Å². The van der Waals surface area contributed by atoms with Crippen LogP contribution >= 0.6 is 11.3 Å². The summed E-state index contributed by atoms with van der Waals surface area (Å²) in [4.78, 5) is 4.36. The van der Waals surface area contributed by atoms with E-state index >= 15 is 0 Å². The second-order valence-electron chi connectivity index (χ2n) is 4.27. The fraction of sp³-hybridized carbons (Fsp3) is 0.357. The maximum absolute atomic E-state index is 10.0. The largest absolute Gasteiger partial charge is 0.497 e. The van der Waals surface area contributed by atoms with E-state index in [0.717, 1.165) is 22.0 Å².